The number of nitrogens with zero attached hydrogens (tertiary/aromatic N) is 1. The first kappa shape index (κ1) is 19.3. The predicted molar refractivity (Wildman–Crippen MR) is 108 cm³/mol. The molecule has 0 aliphatic carbocycles. The average Bonchev–Trinajstić information content (AvgIpc) is 2.67. The van der Waals surface area contributed by atoms with E-state index >= 15 is 0 Å². The average molecular weight is 393 g/mol. The summed E-state index contributed by atoms with van der Waals surface area (Å²) in [6, 6.07) is 19.8. The summed E-state index contributed by atoms with van der Waals surface area (Å²) in [7, 11) is 1.54. The molecule has 0 atom stereocenters. The number of amides is 1. The summed E-state index contributed by atoms with van der Waals surface area (Å²) in [5.74, 6) is 1.000. The first-order valence-corrected chi connectivity index (χ1v) is 8.81. The number of benzene rings is 3. The van der Waals surface area contributed by atoms with Gasteiger partial charge in [0.25, 0.3) is 0 Å². The highest BCUT2D eigenvalue weighted by Gasteiger charge is 2.13. The molecule has 3 rings (SSSR count). The molecule has 0 aliphatic heterocycles. The van der Waals surface area contributed by atoms with Gasteiger partial charge in [0.2, 0.25) is 5.91 Å². The minimum absolute atomic E-state index is 0.137. The van der Waals surface area contributed by atoms with E-state index in [0.717, 1.165) is 16.7 Å². The number of halogens is 1. The van der Waals surface area contributed by atoms with Crippen LogP contribution >= 0.6 is 11.6 Å². The quantitative estimate of drug-likeness (QED) is 0.658. The Hall–Kier alpha value is -3.49. The number of carbonyl (C=O) groups excluding carboxylic acids is 1. The molecule has 0 fully saturated rings. The topological polar surface area (TPSA) is 85.3 Å². The Kier molecular flexibility index (Phi) is 5.83. The van der Waals surface area contributed by atoms with Gasteiger partial charge < -0.3 is 15.2 Å². The number of hydrogen-bond acceptors (Lipinski definition) is 4. The standard InChI is InChI=1S/C22H17ClN2O3/c1-27-20-7-6-16(19-5-3-2-4-15(19)11-22(25)26)10-21(20)28-18-9-14(13-24)8-17(23)12-18/h2-10,12H,11H2,1H3,(H2,25,26). The van der Waals surface area contributed by atoms with Crippen molar-refractivity contribution < 1.29 is 14.3 Å². The molecule has 0 aromatic heterocycles. The van der Waals surface area contributed by atoms with Crippen molar-refractivity contribution in [2.45, 2.75) is 6.42 Å². The Morgan fingerprint density at radius 1 is 1.11 bits per heavy atom. The molecular weight excluding hydrogens is 376 g/mol. The van der Waals surface area contributed by atoms with Crippen LogP contribution < -0.4 is 15.2 Å². The highest BCUT2D eigenvalue weighted by molar-refractivity contribution is 6.30. The van der Waals surface area contributed by atoms with Crippen molar-refractivity contribution in [3.63, 3.8) is 0 Å². The van der Waals surface area contributed by atoms with Crippen molar-refractivity contribution in [3.05, 3.63) is 76.8 Å². The third-order valence-electron chi connectivity index (χ3n) is 4.08. The van der Waals surface area contributed by atoms with Gasteiger partial charge in [-0.25, -0.2) is 0 Å². The van der Waals surface area contributed by atoms with Crippen LogP contribution in [0.1, 0.15) is 11.1 Å². The van der Waals surface area contributed by atoms with Crippen LogP contribution in [0.4, 0.5) is 0 Å². The number of methoxy groups -OCH3 is 1. The lowest BCUT2D eigenvalue weighted by Crippen LogP contribution is -2.14. The number of primary amides is 1. The number of nitriles is 1. The Balaban J connectivity index is 2.04. The van der Waals surface area contributed by atoms with Crippen LogP contribution in [0, 0.1) is 11.3 Å². The summed E-state index contributed by atoms with van der Waals surface area (Å²) in [5.41, 5.74) is 8.30. The third-order valence-corrected chi connectivity index (χ3v) is 4.30. The first-order valence-electron chi connectivity index (χ1n) is 8.43. The van der Waals surface area contributed by atoms with Gasteiger partial charge in [0, 0.05) is 5.02 Å². The Morgan fingerprint density at radius 3 is 2.61 bits per heavy atom. The molecule has 1 amide bonds. The molecule has 0 spiro atoms. The molecule has 6 heteroatoms. The summed E-state index contributed by atoms with van der Waals surface area (Å²) in [4.78, 5) is 11.4. The SMILES string of the molecule is COc1ccc(-c2ccccc2CC(N)=O)cc1Oc1cc(Cl)cc(C#N)c1. The van der Waals surface area contributed by atoms with E-state index in [1.807, 2.05) is 42.5 Å². The van der Waals surface area contributed by atoms with Crippen LogP contribution in [-0.4, -0.2) is 13.0 Å². The number of hydrogen-bond donors (Lipinski definition) is 1. The minimum Gasteiger partial charge on any atom is -0.493 e. The van der Waals surface area contributed by atoms with Crippen molar-refractivity contribution >= 4 is 17.5 Å². The summed E-state index contributed by atoms with van der Waals surface area (Å²) in [6.07, 6.45) is 0.137. The van der Waals surface area contributed by atoms with Gasteiger partial charge in [0.15, 0.2) is 11.5 Å². The molecule has 2 N–H and O–H groups in total. The van der Waals surface area contributed by atoms with Gasteiger partial charge in [0.05, 0.1) is 25.2 Å². The zero-order valence-corrected chi connectivity index (χ0v) is 15.9. The Labute approximate surface area is 167 Å². The van der Waals surface area contributed by atoms with Gasteiger partial charge in [-0.15, -0.1) is 0 Å². The van der Waals surface area contributed by atoms with E-state index in [1.165, 1.54) is 0 Å². The minimum atomic E-state index is -0.402. The Morgan fingerprint density at radius 2 is 1.89 bits per heavy atom. The molecule has 0 aliphatic rings. The maximum absolute atomic E-state index is 11.4. The lowest BCUT2D eigenvalue weighted by Gasteiger charge is -2.14. The zero-order valence-electron chi connectivity index (χ0n) is 15.1. The van der Waals surface area contributed by atoms with Crippen LogP contribution in [0.2, 0.25) is 5.02 Å². The van der Waals surface area contributed by atoms with Crippen LogP contribution in [0.5, 0.6) is 17.2 Å². The van der Waals surface area contributed by atoms with Gasteiger partial charge in [-0.2, -0.15) is 5.26 Å². The fraction of sp³-hybridized carbons (Fsp3) is 0.0909. The van der Waals surface area contributed by atoms with E-state index < -0.39 is 5.91 Å². The summed E-state index contributed by atoms with van der Waals surface area (Å²) in [5, 5.41) is 9.52. The van der Waals surface area contributed by atoms with Crippen LogP contribution in [0.3, 0.4) is 0 Å². The molecular formula is C22H17ClN2O3. The molecule has 28 heavy (non-hydrogen) atoms. The van der Waals surface area contributed by atoms with E-state index in [-0.39, 0.29) is 6.42 Å². The fourth-order valence-electron chi connectivity index (χ4n) is 2.88. The molecule has 0 saturated carbocycles. The molecule has 0 saturated heterocycles. The van der Waals surface area contributed by atoms with E-state index in [1.54, 1.807) is 31.4 Å². The normalized spacial score (nSPS) is 10.2. The molecule has 3 aromatic carbocycles. The van der Waals surface area contributed by atoms with Crippen molar-refractivity contribution in [2.24, 2.45) is 5.73 Å². The van der Waals surface area contributed by atoms with Gasteiger partial charge in [-0.1, -0.05) is 41.9 Å². The maximum atomic E-state index is 11.4. The third kappa shape index (κ3) is 4.43. The summed E-state index contributed by atoms with van der Waals surface area (Å²) in [6.45, 7) is 0. The van der Waals surface area contributed by atoms with Crippen molar-refractivity contribution in [3.8, 4) is 34.4 Å². The van der Waals surface area contributed by atoms with Gasteiger partial charge in [0.1, 0.15) is 5.75 Å². The second kappa shape index (κ2) is 8.47. The maximum Gasteiger partial charge on any atom is 0.221 e. The second-order valence-corrected chi connectivity index (χ2v) is 6.49. The van der Waals surface area contributed by atoms with Crippen LogP contribution in [-0.2, 0) is 11.2 Å². The van der Waals surface area contributed by atoms with Gasteiger partial charge >= 0.3 is 0 Å². The zero-order chi connectivity index (χ0) is 20.1. The van der Waals surface area contributed by atoms with Crippen molar-refractivity contribution in [2.75, 3.05) is 7.11 Å². The largest absolute Gasteiger partial charge is 0.493 e. The molecule has 0 unspecified atom stereocenters. The molecule has 0 heterocycles. The Bertz CT molecular complexity index is 1070. The van der Waals surface area contributed by atoms with Crippen LogP contribution in [0.15, 0.2) is 60.7 Å². The van der Waals surface area contributed by atoms with Crippen molar-refractivity contribution in [1.29, 1.82) is 5.26 Å². The van der Waals surface area contributed by atoms with E-state index in [9.17, 15) is 4.79 Å². The molecule has 0 bridgehead atoms. The first-order chi connectivity index (χ1) is 13.5. The predicted octanol–water partition coefficient (Wildman–Crippen LogP) is 4.71. The van der Waals surface area contributed by atoms with E-state index in [4.69, 9.17) is 32.1 Å². The van der Waals surface area contributed by atoms with E-state index in [2.05, 4.69) is 0 Å². The lowest BCUT2D eigenvalue weighted by molar-refractivity contribution is -0.117. The fourth-order valence-corrected chi connectivity index (χ4v) is 3.11. The number of ether oxygens (including phenoxy) is 2. The summed E-state index contributed by atoms with van der Waals surface area (Å²) < 4.78 is 11.3. The van der Waals surface area contributed by atoms with Gasteiger partial charge in [-0.3, -0.25) is 4.79 Å². The summed E-state index contributed by atoms with van der Waals surface area (Å²) >= 11 is 6.06. The second-order valence-electron chi connectivity index (χ2n) is 6.06. The monoisotopic (exact) mass is 392 g/mol. The molecule has 140 valence electrons. The highest BCUT2D eigenvalue weighted by Crippen LogP contribution is 2.37. The van der Waals surface area contributed by atoms with Crippen LogP contribution in [0.25, 0.3) is 11.1 Å². The van der Waals surface area contributed by atoms with E-state index in [0.29, 0.717) is 27.8 Å². The smallest absolute Gasteiger partial charge is 0.221 e. The number of nitrogens with two attached hydrogens (primary N) is 1. The van der Waals surface area contributed by atoms with Crippen molar-refractivity contribution in [1.82, 2.24) is 0 Å². The highest BCUT2D eigenvalue weighted by atomic mass is 35.5. The number of rotatable bonds is 6. The molecule has 5 nitrogen and oxygen atoms in total. The molecule has 0 radical (unpaired) electrons. The lowest BCUT2D eigenvalue weighted by atomic mass is 9.97. The number of carbonyl (C=O) groups is 1. The van der Waals surface area contributed by atoms with Gasteiger partial charge in [-0.05, 0) is 47.0 Å². The molecule has 3 aromatic rings.